The van der Waals surface area contributed by atoms with Crippen molar-refractivity contribution in [2.45, 2.75) is 6.92 Å². The average Bonchev–Trinajstić information content (AvgIpc) is 2.58. The molecule has 0 spiro atoms. The summed E-state index contributed by atoms with van der Waals surface area (Å²) in [5, 5.41) is 25.1. The summed E-state index contributed by atoms with van der Waals surface area (Å²) in [5.41, 5.74) is 7.94. The number of hydrogen-bond acceptors (Lipinski definition) is 6. The number of aryl methyl sites for hydroxylation is 1. The zero-order valence-corrected chi connectivity index (χ0v) is 13.3. The van der Waals surface area contributed by atoms with Crippen LogP contribution in [-0.4, -0.2) is 10.8 Å². The fourth-order valence-electron chi connectivity index (χ4n) is 1.96. The Morgan fingerprint density at radius 1 is 1.28 bits per heavy atom. The standard InChI is InChI=1S/C17H15N5O3/c1-11-2-7-15(19)16(8-11)20-10-12(9-18)17(23)21-13-3-5-14(6-4-13)22(24)25/h2-8,10,20H,19H2,1H3,(H,21,23)/b12-10-. The van der Waals surface area contributed by atoms with Gasteiger partial charge in [0.2, 0.25) is 0 Å². The van der Waals surface area contributed by atoms with Crippen LogP contribution in [-0.2, 0) is 4.79 Å². The lowest BCUT2D eigenvalue weighted by Crippen LogP contribution is -2.14. The van der Waals surface area contributed by atoms with Crippen LogP contribution < -0.4 is 16.4 Å². The van der Waals surface area contributed by atoms with Gasteiger partial charge in [0, 0.05) is 24.0 Å². The molecule has 0 aliphatic carbocycles. The smallest absolute Gasteiger partial charge is 0.269 e. The number of non-ortho nitro benzene ring substituents is 1. The molecule has 126 valence electrons. The van der Waals surface area contributed by atoms with Crippen molar-refractivity contribution in [1.82, 2.24) is 0 Å². The van der Waals surface area contributed by atoms with Crippen LogP contribution in [0.2, 0.25) is 0 Å². The monoisotopic (exact) mass is 337 g/mol. The molecule has 0 bridgehead atoms. The number of hydrogen-bond donors (Lipinski definition) is 3. The Kier molecular flexibility index (Phi) is 5.32. The van der Waals surface area contributed by atoms with E-state index in [2.05, 4.69) is 10.6 Å². The zero-order valence-electron chi connectivity index (χ0n) is 13.3. The van der Waals surface area contributed by atoms with Crippen molar-refractivity contribution in [1.29, 1.82) is 5.26 Å². The van der Waals surface area contributed by atoms with Gasteiger partial charge < -0.3 is 16.4 Å². The highest BCUT2D eigenvalue weighted by Gasteiger charge is 2.11. The summed E-state index contributed by atoms with van der Waals surface area (Å²) < 4.78 is 0. The van der Waals surface area contributed by atoms with E-state index >= 15 is 0 Å². The molecule has 0 aliphatic rings. The van der Waals surface area contributed by atoms with Gasteiger partial charge in [-0.25, -0.2) is 0 Å². The fraction of sp³-hybridized carbons (Fsp3) is 0.0588. The van der Waals surface area contributed by atoms with E-state index in [0.29, 0.717) is 17.1 Å². The quantitative estimate of drug-likeness (QED) is 0.252. The van der Waals surface area contributed by atoms with Crippen molar-refractivity contribution in [3.8, 4) is 6.07 Å². The maximum atomic E-state index is 12.1. The maximum absolute atomic E-state index is 12.1. The van der Waals surface area contributed by atoms with Gasteiger partial charge in [0.25, 0.3) is 11.6 Å². The normalized spacial score (nSPS) is 10.6. The number of nitrogen functional groups attached to an aromatic ring is 1. The summed E-state index contributed by atoms with van der Waals surface area (Å²) in [6, 6.07) is 12.4. The second kappa shape index (κ2) is 7.61. The number of amides is 1. The van der Waals surface area contributed by atoms with E-state index in [0.717, 1.165) is 5.56 Å². The van der Waals surface area contributed by atoms with Crippen molar-refractivity contribution in [2.24, 2.45) is 0 Å². The Hall–Kier alpha value is -3.86. The molecule has 2 rings (SSSR count). The van der Waals surface area contributed by atoms with E-state index in [9.17, 15) is 14.9 Å². The minimum absolute atomic E-state index is 0.0920. The SMILES string of the molecule is Cc1ccc(N)c(N/C=C(/C#N)C(=O)Nc2ccc([N+](=O)[O-])cc2)c1. The molecule has 0 aromatic heterocycles. The number of carbonyl (C=O) groups excluding carboxylic acids is 1. The van der Waals surface area contributed by atoms with Crippen LogP contribution in [0.5, 0.6) is 0 Å². The van der Waals surface area contributed by atoms with E-state index in [1.807, 2.05) is 13.0 Å². The van der Waals surface area contributed by atoms with Gasteiger partial charge in [-0.3, -0.25) is 14.9 Å². The summed E-state index contributed by atoms with van der Waals surface area (Å²) in [6.07, 6.45) is 1.26. The Bertz CT molecular complexity index is 882. The number of nitriles is 1. The molecule has 0 saturated carbocycles. The second-order valence-electron chi connectivity index (χ2n) is 5.16. The molecular weight excluding hydrogens is 322 g/mol. The number of nitro benzene ring substituents is 1. The van der Waals surface area contributed by atoms with E-state index in [1.165, 1.54) is 30.5 Å². The molecule has 0 saturated heterocycles. The molecule has 4 N–H and O–H groups in total. The zero-order chi connectivity index (χ0) is 18.4. The average molecular weight is 337 g/mol. The Morgan fingerprint density at radius 3 is 2.56 bits per heavy atom. The van der Waals surface area contributed by atoms with E-state index in [4.69, 9.17) is 11.0 Å². The van der Waals surface area contributed by atoms with Crippen LogP contribution in [0.3, 0.4) is 0 Å². The van der Waals surface area contributed by atoms with Crippen LogP contribution in [0.25, 0.3) is 0 Å². The summed E-state index contributed by atoms with van der Waals surface area (Å²) >= 11 is 0. The third-order valence-corrected chi connectivity index (χ3v) is 3.28. The summed E-state index contributed by atoms with van der Waals surface area (Å²) in [5.74, 6) is -0.643. The first-order valence-corrected chi connectivity index (χ1v) is 7.19. The van der Waals surface area contributed by atoms with Crippen molar-refractivity contribution in [3.63, 3.8) is 0 Å². The first-order chi connectivity index (χ1) is 11.9. The van der Waals surface area contributed by atoms with Gasteiger partial charge in [-0.05, 0) is 36.8 Å². The number of nitro groups is 1. The molecule has 0 atom stereocenters. The number of nitrogens with one attached hydrogen (secondary N) is 2. The number of carbonyl (C=O) groups is 1. The Labute approximate surface area is 143 Å². The summed E-state index contributed by atoms with van der Waals surface area (Å²) in [6.45, 7) is 1.89. The highest BCUT2D eigenvalue weighted by Crippen LogP contribution is 2.20. The predicted octanol–water partition coefficient (Wildman–Crippen LogP) is 2.94. The number of rotatable bonds is 5. The summed E-state index contributed by atoms with van der Waals surface area (Å²) in [7, 11) is 0. The minimum atomic E-state index is -0.643. The van der Waals surface area contributed by atoms with Gasteiger partial charge in [0.05, 0.1) is 16.3 Å². The van der Waals surface area contributed by atoms with Crippen molar-refractivity contribution in [3.05, 3.63) is 69.9 Å². The van der Waals surface area contributed by atoms with Gasteiger partial charge in [0.1, 0.15) is 11.6 Å². The van der Waals surface area contributed by atoms with Crippen LogP contribution in [0.15, 0.2) is 54.2 Å². The molecule has 0 radical (unpaired) electrons. The number of nitrogens with zero attached hydrogens (tertiary/aromatic N) is 2. The van der Waals surface area contributed by atoms with Crippen molar-refractivity contribution < 1.29 is 9.72 Å². The number of anilines is 3. The van der Waals surface area contributed by atoms with E-state index in [-0.39, 0.29) is 11.3 Å². The van der Waals surface area contributed by atoms with Gasteiger partial charge in [-0.15, -0.1) is 0 Å². The summed E-state index contributed by atoms with van der Waals surface area (Å²) in [4.78, 5) is 22.2. The Morgan fingerprint density at radius 2 is 1.96 bits per heavy atom. The molecule has 0 unspecified atom stereocenters. The minimum Gasteiger partial charge on any atom is -0.397 e. The van der Waals surface area contributed by atoms with Crippen molar-refractivity contribution in [2.75, 3.05) is 16.4 Å². The predicted molar refractivity (Wildman–Crippen MR) is 94.6 cm³/mol. The molecule has 2 aromatic carbocycles. The third-order valence-electron chi connectivity index (χ3n) is 3.28. The van der Waals surface area contributed by atoms with Crippen molar-refractivity contribution >= 4 is 28.7 Å². The molecular formula is C17H15N5O3. The Balaban J connectivity index is 2.11. The lowest BCUT2D eigenvalue weighted by molar-refractivity contribution is -0.384. The fourth-order valence-corrected chi connectivity index (χ4v) is 1.96. The molecule has 1 amide bonds. The largest absolute Gasteiger partial charge is 0.397 e. The van der Waals surface area contributed by atoms with E-state index in [1.54, 1.807) is 18.2 Å². The van der Waals surface area contributed by atoms with E-state index < -0.39 is 10.8 Å². The van der Waals surface area contributed by atoms with Gasteiger partial charge in [0.15, 0.2) is 0 Å². The molecule has 25 heavy (non-hydrogen) atoms. The molecule has 0 heterocycles. The lowest BCUT2D eigenvalue weighted by Gasteiger charge is -2.08. The highest BCUT2D eigenvalue weighted by molar-refractivity contribution is 6.06. The van der Waals surface area contributed by atoms with Gasteiger partial charge >= 0.3 is 0 Å². The second-order valence-corrected chi connectivity index (χ2v) is 5.16. The molecule has 2 aromatic rings. The molecule has 8 nitrogen and oxygen atoms in total. The van der Waals surface area contributed by atoms with Gasteiger partial charge in [-0.1, -0.05) is 6.07 Å². The molecule has 0 fully saturated rings. The highest BCUT2D eigenvalue weighted by atomic mass is 16.6. The van der Waals surface area contributed by atoms with Crippen LogP contribution in [0.1, 0.15) is 5.56 Å². The van der Waals surface area contributed by atoms with Crippen LogP contribution in [0, 0.1) is 28.4 Å². The first-order valence-electron chi connectivity index (χ1n) is 7.19. The topological polar surface area (TPSA) is 134 Å². The molecule has 0 aliphatic heterocycles. The van der Waals surface area contributed by atoms with Gasteiger partial charge in [-0.2, -0.15) is 5.26 Å². The lowest BCUT2D eigenvalue weighted by atomic mass is 10.2. The van der Waals surface area contributed by atoms with Crippen LogP contribution >= 0.6 is 0 Å². The first kappa shape index (κ1) is 17.5. The third kappa shape index (κ3) is 4.56. The molecule has 8 heteroatoms. The number of nitrogens with two attached hydrogens (primary N) is 1. The number of benzene rings is 2. The maximum Gasteiger partial charge on any atom is 0.269 e. The van der Waals surface area contributed by atoms with Crippen LogP contribution in [0.4, 0.5) is 22.7 Å².